The Balaban J connectivity index is 1.57. The highest BCUT2D eigenvalue weighted by atomic mass is 32.2. The highest BCUT2D eigenvalue weighted by Crippen LogP contribution is 2.32. The van der Waals surface area contributed by atoms with Crippen molar-refractivity contribution in [2.24, 2.45) is 0 Å². The lowest BCUT2D eigenvalue weighted by Crippen LogP contribution is -2.25. The second-order valence-electron chi connectivity index (χ2n) is 8.03. The van der Waals surface area contributed by atoms with E-state index in [1.54, 1.807) is 54.1 Å². The molecule has 0 bridgehead atoms. The molecule has 2 N–H and O–H groups in total. The number of thioether (sulfide) groups is 1. The normalized spacial score (nSPS) is 10.6. The number of rotatable bonds is 11. The predicted octanol–water partition coefficient (Wildman–Crippen LogP) is 4.09. The maximum Gasteiger partial charge on any atom is 0.251 e. The van der Waals surface area contributed by atoms with Gasteiger partial charge in [-0.1, -0.05) is 17.8 Å². The van der Waals surface area contributed by atoms with Crippen LogP contribution >= 0.6 is 11.8 Å². The molecule has 10 nitrogen and oxygen atoms in total. The Morgan fingerprint density at radius 1 is 0.923 bits per heavy atom. The number of hydrogen-bond donors (Lipinski definition) is 2. The molecule has 0 atom stereocenters. The standard InChI is InChI=1S/C27H26FN5O5S/c1-36-20-9-7-19(8-10-20)30-25(34)16-39-27-32-31-24(15-29-26(35)17-5-4-6-18(28)13-17)33(27)22-14-21(37-2)11-12-23(22)38-3/h4-14H,15-16H2,1-3H3,(H,29,35)(H,30,34). The van der Waals surface area contributed by atoms with Crippen molar-refractivity contribution in [3.63, 3.8) is 0 Å². The van der Waals surface area contributed by atoms with Crippen molar-refractivity contribution < 1.29 is 28.2 Å². The number of carbonyl (C=O) groups is 2. The Kier molecular flexibility index (Phi) is 9.00. The van der Waals surface area contributed by atoms with Crippen molar-refractivity contribution in [1.82, 2.24) is 20.1 Å². The van der Waals surface area contributed by atoms with Crippen LogP contribution in [0.2, 0.25) is 0 Å². The van der Waals surface area contributed by atoms with Crippen molar-refractivity contribution in [1.29, 1.82) is 0 Å². The molecule has 0 saturated heterocycles. The maximum absolute atomic E-state index is 13.6. The molecular weight excluding hydrogens is 525 g/mol. The molecule has 202 valence electrons. The maximum atomic E-state index is 13.6. The monoisotopic (exact) mass is 551 g/mol. The molecule has 0 saturated carbocycles. The molecule has 0 radical (unpaired) electrons. The third-order valence-corrected chi connectivity index (χ3v) is 6.46. The van der Waals surface area contributed by atoms with Crippen LogP contribution < -0.4 is 24.8 Å². The summed E-state index contributed by atoms with van der Waals surface area (Å²) in [6.45, 7) is -0.0265. The van der Waals surface area contributed by atoms with Gasteiger partial charge in [0.05, 0.1) is 39.3 Å². The van der Waals surface area contributed by atoms with Crippen LogP contribution in [0, 0.1) is 5.82 Å². The minimum absolute atomic E-state index is 0.0265. The van der Waals surface area contributed by atoms with Crippen LogP contribution in [0.25, 0.3) is 5.69 Å². The number of methoxy groups -OCH3 is 3. The summed E-state index contributed by atoms with van der Waals surface area (Å²) in [4.78, 5) is 25.3. The molecule has 4 aromatic rings. The van der Waals surface area contributed by atoms with Gasteiger partial charge in [0.25, 0.3) is 5.91 Å². The molecule has 0 aliphatic rings. The molecule has 0 aliphatic carbocycles. The number of nitrogens with one attached hydrogen (secondary N) is 2. The van der Waals surface area contributed by atoms with Crippen molar-refractivity contribution in [3.8, 4) is 22.9 Å². The summed E-state index contributed by atoms with van der Waals surface area (Å²) in [6, 6.07) is 17.6. The molecule has 0 spiro atoms. The zero-order valence-corrected chi connectivity index (χ0v) is 22.3. The lowest BCUT2D eigenvalue weighted by Gasteiger charge is -2.15. The highest BCUT2D eigenvalue weighted by Gasteiger charge is 2.20. The minimum atomic E-state index is -0.515. The van der Waals surface area contributed by atoms with E-state index in [9.17, 15) is 14.0 Å². The number of anilines is 1. The summed E-state index contributed by atoms with van der Waals surface area (Å²) < 4.78 is 31.3. The number of amides is 2. The molecule has 39 heavy (non-hydrogen) atoms. The lowest BCUT2D eigenvalue weighted by atomic mass is 10.2. The Morgan fingerprint density at radius 2 is 1.67 bits per heavy atom. The largest absolute Gasteiger partial charge is 0.497 e. The van der Waals surface area contributed by atoms with Gasteiger partial charge in [0.15, 0.2) is 11.0 Å². The Morgan fingerprint density at radius 3 is 2.36 bits per heavy atom. The summed E-state index contributed by atoms with van der Waals surface area (Å²) in [7, 11) is 4.63. The van der Waals surface area contributed by atoms with Gasteiger partial charge in [0, 0.05) is 17.3 Å². The van der Waals surface area contributed by atoms with Crippen LogP contribution in [0.5, 0.6) is 17.2 Å². The first-order chi connectivity index (χ1) is 18.9. The zero-order chi connectivity index (χ0) is 27.8. The number of benzene rings is 3. The number of nitrogens with zero attached hydrogens (tertiary/aromatic N) is 3. The SMILES string of the molecule is COc1ccc(NC(=O)CSc2nnc(CNC(=O)c3cccc(F)c3)n2-c2cc(OC)ccc2OC)cc1. The molecule has 1 heterocycles. The van der Waals surface area contributed by atoms with Crippen molar-refractivity contribution in [2.45, 2.75) is 11.7 Å². The van der Waals surface area contributed by atoms with Gasteiger partial charge in [-0.05, 0) is 54.6 Å². The second kappa shape index (κ2) is 12.8. The minimum Gasteiger partial charge on any atom is -0.497 e. The van der Waals surface area contributed by atoms with Crippen molar-refractivity contribution >= 4 is 29.3 Å². The predicted molar refractivity (Wildman–Crippen MR) is 144 cm³/mol. The first-order valence-corrected chi connectivity index (χ1v) is 12.7. The molecule has 4 rings (SSSR count). The van der Waals surface area contributed by atoms with Gasteiger partial charge in [0.1, 0.15) is 23.1 Å². The van der Waals surface area contributed by atoms with Crippen LogP contribution in [0.4, 0.5) is 10.1 Å². The molecular formula is C27H26FN5O5S. The van der Waals surface area contributed by atoms with Crippen LogP contribution in [0.3, 0.4) is 0 Å². The van der Waals surface area contributed by atoms with E-state index in [0.29, 0.717) is 39.6 Å². The number of carbonyl (C=O) groups excluding carboxylic acids is 2. The molecule has 1 aromatic heterocycles. The summed E-state index contributed by atoms with van der Waals surface area (Å²) in [6.07, 6.45) is 0. The number of ether oxygens (including phenoxy) is 3. The zero-order valence-electron chi connectivity index (χ0n) is 21.4. The fraction of sp³-hybridized carbons (Fsp3) is 0.185. The van der Waals surface area contributed by atoms with E-state index in [-0.39, 0.29) is 23.8 Å². The molecule has 12 heteroatoms. The van der Waals surface area contributed by atoms with E-state index in [1.165, 1.54) is 32.4 Å². The summed E-state index contributed by atoms with van der Waals surface area (Å²) >= 11 is 1.16. The van der Waals surface area contributed by atoms with E-state index in [0.717, 1.165) is 17.8 Å². The quantitative estimate of drug-likeness (QED) is 0.268. The van der Waals surface area contributed by atoms with Crippen molar-refractivity contribution in [3.05, 3.63) is 83.9 Å². The van der Waals surface area contributed by atoms with Crippen LogP contribution in [0.15, 0.2) is 71.9 Å². The molecule has 0 aliphatic heterocycles. The van der Waals surface area contributed by atoms with Gasteiger partial charge < -0.3 is 24.8 Å². The second-order valence-corrected chi connectivity index (χ2v) is 8.97. The number of aromatic nitrogens is 3. The first-order valence-electron chi connectivity index (χ1n) is 11.7. The van der Waals surface area contributed by atoms with Gasteiger partial charge in [-0.2, -0.15) is 0 Å². The van der Waals surface area contributed by atoms with E-state index in [2.05, 4.69) is 20.8 Å². The average molecular weight is 552 g/mol. The van der Waals surface area contributed by atoms with Gasteiger partial charge >= 0.3 is 0 Å². The fourth-order valence-corrected chi connectivity index (χ4v) is 4.38. The van der Waals surface area contributed by atoms with Gasteiger partial charge in [-0.3, -0.25) is 14.2 Å². The summed E-state index contributed by atoms with van der Waals surface area (Å²) in [5, 5.41) is 14.5. The third-order valence-electron chi connectivity index (χ3n) is 5.53. The summed E-state index contributed by atoms with van der Waals surface area (Å²) in [5.74, 6) is 0.891. The molecule has 3 aromatic carbocycles. The van der Waals surface area contributed by atoms with Crippen LogP contribution in [-0.2, 0) is 11.3 Å². The summed E-state index contributed by atoms with van der Waals surface area (Å²) in [5.41, 5.74) is 1.35. The number of hydrogen-bond acceptors (Lipinski definition) is 8. The van der Waals surface area contributed by atoms with Gasteiger partial charge in [-0.15, -0.1) is 10.2 Å². The number of halogens is 1. The average Bonchev–Trinajstić information content (AvgIpc) is 3.37. The highest BCUT2D eigenvalue weighted by molar-refractivity contribution is 7.99. The van der Waals surface area contributed by atoms with E-state index in [4.69, 9.17) is 14.2 Å². The van der Waals surface area contributed by atoms with E-state index < -0.39 is 11.7 Å². The Bertz CT molecular complexity index is 1460. The van der Waals surface area contributed by atoms with Gasteiger partial charge in [-0.25, -0.2) is 4.39 Å². The first kappa shape index (κ1) is 27.5. The lowest BCUT2D eigenvalue weighted by molar-refractivity contribution is -0.113. The fourth-order valence-electron chi connectivity index (χ4n) is 3.61. The smallest absolute Gasteiger partial charge is 0.251 e. The molecule has 0 unspecified atom stereocenters. The van der Waals surface area contributed by atoms with Gasteiger partial charge in [0.2, 0.25) is 5.91 Å². The third kappa shape index (κ3) is 6.85. The van der Waals surface area contributed by atoms with Crippen LogP contribution in [-0.4, -0.2) is 53.7 Å². The van der Waals surface area contributed by atoms with Crippen molar-refractivity contribution in [2.75, 3.05) is 32.4 Å². The molecule has 0 fully saturated rings. The topological polar surface area (TPSA) is 117 Å². The Hall–Kier alpha value is -4.58. The Labute approximate surface area is 228 Å². The molecule has 2 amide bonds. The van der Waals surface area contributed by atoms with Crippen LogP contribution in [0.1, 0.15) is 16.2 Å². The van der Waals surface area contributed by atoms with E-state index in [1.807, 2.05) is 0 Å². The van der Waals surface area contributed by atoms with E-state index >= 15 is 0 Å².